The van der Waals surface area contributed by atoms with E-state index in [2.05, 4.69) is 5.32 Å². The van der Waals surface area contributed by atoms with E-state index in [1.54, 1.807) is 19.1 Å². The van der Waals surface area contributed by atoms with Gasteiger partial charge >= 0.3 is 0 Å². The summed E-state index contributed by atoms with van der Waals surface area (Å²) in [5.74, 6) is 0.202. The fourth-order valence-electron chi connectivity index (χ4n) is 1.67. The molecule has 0 radical (unpaired) electrons. The van der Waals surface area contributed by atoms with E-state index in [1.807, 2.05) is 6.07 Å². The summed E-state index contributed by atoms with van der Waals surface area (Å²) in [4.78, 5) is 0. The number of nitrogens with one attached hydrogen (secondary N) is 1. The number of anilines is 1. The van der Waals surface area contributed by atoms with Crippen molar-refractivity contribution in [1.29, 1.82) is 0 Å². The van der Waals surface area contributed by atoms with Gasteiger partial charge in [0.25, 0.3) is 0 Å². The molecule has 1 aromatic rings. The van der Waals surface area contributed by atoms with E-state index in [1.165, 1.54) is 0 Å². The third-order valence-corrected chi connectivity index (χ3v) is 2.32. The summed E-state index contributed by atoms with van der Waals surface area (Å²) in [5, 5.41) is 12.3. The zero-order chi connectivity index (χ0) is 9.47. The number of halogens is 1. The van der Waals surface area contributed by atoms with Crippen molar-refractivity contribution in [2.75, 3.05) is 11.9 Å². The SMILES string of the molecule is CC1(F)CNc2c(O)cccc2C1. The minimum absolute atomic E-state index is 0.202. The van der Waals surface area contributed by atoms with Gasteiger partial charge in [-0.2, -0.15) is 0 Å². The van der Waals surface area contributed by atoms with Gasteiger partial charge < -0.3 is 10.4 Å². The molecule has 0 amide bonds. The highest BCUT2D eigenvalue weighted by Crippen LogP contribution is 2.35. The molecule has 2 nitrogen and oxygen atoms in total. The average molecular weight is 181 g/mol. The Morgan fingerprint density at radius 3 is 3.08 bits per heavy atom. The van der Waals surface area contributed by atoms with Crippen LogP contribution in [0.25, 0.3) is 0 Å². The largest absolute Gasteiger partial charge is 0.506 e. The second-order valence-electron chi connectivity index (χ2n) is 3.75. The Balaban J connectivity index is 2.42. The first-order valence-electron chi connectivity index (χ1n) is 4.32. The standard InChI is InChI=1S/C10H12FNO/c1-10(11)5-7-3-2-4-8(13)9(7)12-6-10/h2-4,12-13H,5-6H2,1H3. The summed E-state index contributed by atoms with van der Waals surface area (Å²) < 4.78 is 13.5. The Hall–Kier alpha value is -1.25. The average Bonchev–Trinajstić information content (AvgIpc) is 2.02. The predicted molar refractivity (Wildman–Crippen MR) is 49.8 cm³/mol. The molecule has 0 aromatic heterocycles. The Labute approximate surface area is 76.4 Å². The van der Waals surface area contributed by atoms with Gasteiger partial charge in [0.15, 0.2) is 0 Å². The lowest BCUT2D eigenvalue weighted by atomic mass is 9.93. The van der Waals surface area contributed by atoms with Crippen LogP contribution < -0.4 is 5.32 Å². The molecule has 1 unspecified atom stereocenters. The minimum atomic E-state index is -1.21. The fourth-order valence-corrected chi connectivity index (χ4v) is 1.67. The van der Waals surface area contributed by atoms with Crippen molar-refractivity contribution < 1.29 is 9.50 Å². The van der Waals surface area contributed by atoms with E-state index in [4.69, 9.17) is 0 Å². The van der Waals surface area contributed by atoms with Crippen molar-refractivity contribution in [2.24, 2.45) is 0 Å². The van der Waals surface area contributed by atoms with Gasteiger partial charge in [-0.25, -0.2) is 4.39 Å². The van der Waals surface area contributed by atoms with Crippen molar-refractivity contribution in [3.8, 4) is 5.75 Å². The van der Waals surface area contributed by atoms with Crippen LogP contribution in [0.15, 0.2) is 18.2 Å². The summed E-state index contributed by atoms with van der Waals surface area (Å²) in [6, 6.07) is 5.17. The molecule has 0 bridgehead atoms. The Morgan fingerprint density at radius 2 is 2.31 bits per heavy atom. The maximum atomic E-state index is 13.5. The van der Waals surface area contributed by atoms with Gasteiger partial charge in [-0.15, -0.1) is 0 Å². The van der Waals surface area contributed by atoms with Gasteiger partial charge in [-0.3, -0.25) is 0 Å². The smallest absolute Gasteiger partial charge is 0.138 e. The van der Waals surface area contributed by atoms with E-state index in [-0.39, 0.29) is 12.3 Å². The lowest BCUT2D eigenvalue weighted by molar-refractivity contribution is 0.201. The molecule has 0 fully saturated rings. The van der Waals surface area contributed by atoms with Crippen LogP contribution in [0.5, 0.6) is 5.75 Å². The van der Waals surface area contributed by atoms with Crippen molar-refractivity contribution in [3.63, 3.8) is 0 Å². The highest BCUT2D eigenvalue weighted by atomic mass is 19.1. The number of rotatable bonds is 0. The molecule has 0 spiro atoms. The van der Waals surface area contributed by atoms with Gasteiger partial charge in [0.2, 0.25) is 0 Å². The van der Waals surface area contributed by atoms with E-state index in [0.29, 0.717) is 12.1 Å². The molecule has 1 aliphatic rings. The Morgan fingerprint density at radius 1 is 1.54 bits per heavy atom. The van der Waals surface area contributed by atoms with Gasteiger partial charge in [-0.1, -0.05) is 12.1 Å². The summed E-state index contributed by atoms with van der Waals surface area (Å²) in [6.45, 7) is 1.82. The lowest BCUT2D eigenvalue weighted by Gasteiger charge is -2.29. The number of fused-ring (bicyclic) bond motifs is 1. The van der Waals surface area contributed by atoms with Gasteiger partial charge in [0.1, 0.15) is 11.4 Å². The van der Waals surface area contributed by atoms with E-state index >= 15 is 0 Å². The number of para-hydroxylation sites is 1. The lowest BCUT2D eigenvalue weighted by Crippen LogP contribution is -2.35. The Kier molecular flexibility index (Phi) is 1.68. The number of aromatic hydroxyl groups is 1. The highest BCUT2D eigenvalue weighted by Gasteiger charge is 2.30. The molecule has 2 N–H and O–H groups in total. The summed E-state index contributed by atoms with van der Waals surface area (Å²) in [6.07, 6.45) is 0.365. The molecular weight excluding hydrogens is 169 g/mol. The summed E-state index contributed by atoms with van der Waals surface area (Å²) in [7, 11) is 0. The van der Waals surface area contributed by atoms with Crippen LogP contribution in [-0.4, -0.2) is 17.3 Å². The van der Waals surface area contributed by atoms with Crippen molar-refractivity contribution >= 4 is 5.69 Å². The minimum Gasteiger partial charge on any atom is -0.506 e. The number of hydrogen-bond donors (Lipinski definition) is 2. The molecule has 70 valence electrons. The van der Waals surface area contributed by atoms with Crippen LogP contribution in [0.3, 0.4) is 0 Å². The van der Waals surface area contributed by atoms with Gasteiger partial charge in [0, 0.05) is 13.0 Å². The van der Waals surface area contributed by atoms with Crippen LogP contribution in [-0.2, 0) is 6.42 Å². The maximum absolute atomic E-state index is 13.5. The molecule has 1 aliphatic heterocycles. The molecule has 1 heterocycles. The van der Waals surface area contributed by atoms with Crippen LogP contribution >= 0.6 is 0 Å². The molecule has 1 aromatic carbocycles. The third kappa shape index (κ3) is 1.46. The molecule has 0 saturated heterocycles. The fraction of sp³-hybridized carbons (Fsp3) is 0.400. The molecule has 1 atom stereocenters. The van der Waals surface area contributed by atoms with E-state index in [0.717, 1.165) is 5.56 Å². The number of alkyl halides is 1. The number of benzene rings is 1. The molecule has 0 aliphatic carbocycles. The Bertz CT molecular complexity index is 336. The molecular formula is C10H12FNO. The van der Waals surface area contributed by atoms with Crippen LogP contribution in [0, 0.1) is 0 Å². The van der Waals surface area contributed by atoms with Crippen LogP contribution in [0.1, 0.15) is 12.5 Å². The van der Waals surface area contributed by atoms with Crippen molar-refractivity contribution in [3.05, 3.63) is 23.8 Å². The van der Waals surface area contributed by atoms with E-state index < -0.39 is 5.67 Å². The normalized spacial score (nSPS) is 26.3. The number of hydrogen-bond acceptors (Lipinski definition) is 2. The topological polar surface area (TPSA) is 32.3 Å². The quantitative estimate of drug-likeness (QED) is 0.601. The van der Waals surface area contributed by atoms with Gasteiger partial charge in [-0.05, 0) is 18.6 Å². The number of phenolic OH excluding ortho intramolecular Hbond substituents is 1. The zero-order valence-electron chi connectivity index (χ0n) is 7.47. The molecule has 3 heteroatoms. The van der Waals surface area contributed by atoms with Crippen LogP contribution in [0.4, 0.5) is 10.1 Å². The summed E-state index contributed by atoms with van der Waals surface area (Å²) in [5.41, 5.74) is 0.315. The predicted octanol–water partition coefficient (Wildman–Crippen LogP) is 2.09. The number of phenols is 1. The second-order valence-corrected chi connectivity index (χ2v) is 3.75. The van der Waals surface area contributed by atoms with Crippen LogP contribution in [0.2, 0.25) is 0 Å². The van der Waals surface area contributed by atoms with Gasteiger partial charge in [0.05, 0.1) is 5.69 Å². The molecule has 0 saturated carbocycles. The first-order chi connectivity index (χ1) is 6.08. The maximum Gasteiger partial charge on any atom is 0.138 e. The van der Waals surface area contributed by atoms with Crippen molar-refractivity contribution in [2.45, 2.75) is 19.0 Å². The monoisotopic (exact) mass is 181 g/mol. The second kappa shape index (κ2) is 2.62. The first kappa shape index (κ1) is 8.35. The third-order valence-electron chi connectivity index (χ3n) is 2.32. The molecule has 13 heavy (non-hydrogen) atoms. The first-order valence-corrected chi connectivity index (χ1v) is 4.32. The highest BCUT2D eigenvalue weighted by molar-refractivity contribution is 5.63. The molecule has 2 rings (SSSR count). The summed E-state index contributed by atoms with van der Waals surface area (Å²) >= 11 is 0. The zero-order valence-corrected chi connectivity index (χ0v) is 7.47. The van der Waals surface area contributed by atoms with Crippen molar-refractivity contribution in [1.82, 2.24) is 0 Å². The van der Waals surface area contributed by atoms with E-state index in [9.17, 15) is 9.50 Å².